The van der Waals surface area contributed by atoms with Gasteiger partial charge in [0.25, 0.3) is 30.4 Å². The molecule has 0 aliphatic heterocycles. The van der Waals surface area contributed by atoms with Crippen LogP contribution in [0.25, 0.3) is 22.3 Å². The summed E-state index contributed by atoms with van der Waals surface area (Å²) in [5, 5.41) is 0. The molecule has 0 aliphatic rings. The number of benzene rings is 5. The van der Waals surface area contributed by atoms with Crippen molar-refractivity contribution in [3.05, 3.63) is 109 Å². The fraction of sp³-hybridized carbons (Fsp3) is 0.0625. The second-order valence-corrected chi connectivity index (χ2v) is 16.4. The van der Waals surface area contributed by atoms with E-state index in [4.69, 9.17) is 13.7 Å². The van der Waals surface area contributed by atoms with E-state index < -0.39 is 72.0 Å². The van der Waals surface area contributed by atoms with Gasteiger partial charge in [-0.2, -0.15) is 33.7 Å². The van der Waals surface area contributed by atoms with Crippen LogP contribution in [0.2, 0.25) is 0 Å². The summed E-state index contributed by atoms with van der Waals surface area (Å²) < 4.78 is 148. The first-order chi connectivity index (χ1) is 23.3. The highest BCUT2D eigenvalue weighted by atomic mass is 32.2. The summed E-state index contributed by atoms with van der Waals surface area (Å²) in [6.07, 6.45) is 0. The molecule has 0 aliphatic carbocycles. The lowest BCUT2D eigenvalue weighted by Crippen LogP contribution is -2.11. The van der Waals surface area contributed by atoms with E-state index in [2.05, 4.69) is 0 Å². The van der Waals surface area contributed by atoms with Gasteiger partial charge in [-0.15, -0.1) is 0 Å². The van der Waals surface area contributed by atoms with Crippen LogP contribution in [0.1, 0.15) is 5.56 Å². The molecule has 5 aromatic rings. The van der Waals surface area contributed by atoms with Gasteiger partial charge in [-0.25, -0.2) is 0 Å². The number of hydrogen-bond donors (Lipinski definition) is 3. The molecule has 5 rings (SSSR count). The van der Waals surface area contributed by atoms with Crippen molar-refractivity contribution >= 4 is 40.5 Å². The molecule has 50 heavy (non-hydrogen) atoms. The average Bonchev–Trinajstić information content (AvgIpc) is 3.03. The molecule has 5 aromatic carbocycles. The number of ether oxygens (including phenoxy) is 2. The van der Waals surface area contributed by atoms with Crippen LogP contribution in [0.15, 0.2) is 123 Å². The largest absolute Gasteiger partial charge is 0.495 e. The van der Waals surface area contributed by atoms with Crippen molar-refractivity contribution in [2.75, 3.05) is 7.11 Å². The van der Waals surface area contributed by atoms with E-state index in [0.717, 1.165) is 61.2 Å². The van der Waals surface area contributed by atoms with Crippen LogP contribution >= 0.6 is 0 Å². The van der Waals surface area contributed by atoms with E-state index in [0.29, 0.717) is 0 Å². The van der Waals surface area contributed by atoms with Gasteiger partial charge in [0.2, 0.25) is 0 Å². The molecule has 0 amide bonds. The van der Waals surface area contributed by atoms with Crippen LogP contribution < -0.4 is 13.7 Å². The quantitative estimate of drug-likeness (QED) is 0.109. The van der Waals surface area contributed by atoms with Crippen molar-refractivity contribution in [2.45, 2.75) is 26.5 Å². The maximum Gasteiger partial charge on any atom is 0.339 e. The molecule has 0 radical (unpaired) electrons. The number of rotatable bonds is 11. The lowest BCUT2D eigenvalue weighted by molar-refractivity contribution is 0.416. The smallest absolute Gasteiger partial charge is 0.339 e. The molecule has 0 spiro atoms. The van der Waals surface area contributed by atoms with Gasteiger partial charge in [0.05, 0.1) is 21.8 Å². The Morgan fingerprint density at radius 2 is 0.940 bits per heavy atom. The molecule has 0 bridgehead atoms. The van der Waals surface area contributed by atoms with Gasteiger partial charge >= 0.3 is 10.1 Å². The number of methoxy groups -OCH3 is 1. The van der Waals surface area contributed by atoms with E-state index in [9.17, 15) is 47.3 Å². The average molecular weight is 763 g/mol. The molecule has 0 saturated heterocycles. The van der Waals surface area contributed by atoms with Crippen LogP contribution in [-0.2, 0) is 40.5 Å². The summed E-state index contributed by atoms with van der Waals surface area (Å²) in [5.74, 6) is -0.767. The van der Waals surface area contributed by atoms with E-state index >= 15 is 0 Å². The Bertz CT molecular complexity index is 2550. The Labute approximate surface area is 287 Å². The number of para-hydroxylation sites is 1. The van der Waals surface area contributed by atoms with Crippen LogP contribution in [-0.4, -0.2) is 54.4 Å². The first kappa shape index (κ1) is 36.5. The molecular formula is C32H26O14S4. The van der Waals surface area contributed by atoms with Gasteiger partial charge in [0.1, 0.15) is 22.1 Å². The van der Waals surface area contributed by atoms with E-state index in [1.54, 1.807) is 37.3 Å². The zero-order valence-corrected chi connectivity index (χ0v) is 29.0. The second kappa shape index (κ2) is 13.5. The van der Waals surface area contributed by atoms with Crippen molar-refractivity contribution in [2.24, 2.45) is 0 Å². The maximum absolute atomic E-state index is 13.3. The summed E-state index contributed by atoms with van der Waals surface area (Å²) in [5.41, 5.74) is -0.641. The van der Waals surface area contributed by atoms with Gasteiger partial charge in [0, 0.05) is 22.3 Å². The van der Waals surface area contributed by atoms with Gasteiger partial charge in [-0.1, -0.05) is 35.9 Å². The molecule has 18 heteroatoms. The lowest BCUT2D eigenvalue weighted by atomic mass is 9.96. The molecule has 14 nitrogen and oxygen atoms in total. The molecule has 0 aromatic heterocycles. The lowest BCUT2D eigenvalue weighted by Gasteiger charge is -2.20. The molecule has 0 heterocycles. The summed E-state index contributed by atoms with van der Waals surface area (Å²) in [6.45, 7) is 1.72. The SMILES string of the molecule is COc1c(-c2cc(S(=O)(=O)O)ccc2Oc2ccccc2)cc(S(=O)(=O)O)cc1-c1cc(S(=O)(=O)O)ccc1OS(=O)(=O)c1ccc(C)cc1. The zero-order valence-electron chi connectivity index (χ0n) is 25.8. The van der Waals surface area contributed by atoms with Crippen LogP contribution in [0.3, 0.4) is 0 Å². The predicted octanol–water partition coefficient (Wildman–Crippen LogP) is 5.64. The van der Waals surface area contributed by atoms with Crippen LogP contribution in [0, 0.1) is 6.92 Å². The monoisotopic (exact) mass is 762 g/mol. The highest BCUT2D eigenvalue weighted by molar-refractivity contribution is 7.87. The van der Waals surface area contributed by atoms with Crippen molar-refractivity contribution in [1.82, 2.24) is 0 Å². The highest BCUT2D eigenvalue weighted by Gasteiger charge is 2.28. The first-order valence-electron chi connectivity index (χ1n) is 14.0. The fourth-order valence-electron chi connectivity index (χ4n) is 4.78. The third kappa shape index (κ3) is 7.97. The van der Waals surface area contributed by atoms with Crippen LogP contribution in [0.5, 0.6) is 23.0 Å². The van der Waals surface area contributed by atoms with E-state index in [-0.39, 0.29) is 33.3 Å². The standard InChI is InChI=1S/C32H26O14S4/c1-20-8-10-22(11-9-20)50(42,43)46-31-15-13-24(48(36,37)38)17-27(31)29-19-25(49(39,40)41)18-28(32(29)44-2)26-16-23(47(33,34)35)12-14-30(26)45-21-6-4-3-5-7-21/h3-19H,1-2H3,(H,33,34,35)(H,36,37,38)(H,39,40,41). The Morgan fingerprint density at radius 1 is 0.500 bits per heavy atom. The van der Waals surface area contributed by atoms with Crippen molar-refractivity contribution in [1.29, 1.82) is 0 Å². The van der Waals surface area contributed by atoms with Gasteiger partial charge in [-0.3, -0.25) is 13.7 Å². The Morgan fingerprint density at radius 3 is 1.42 bits per heavy atom. The summed E-state index contributed by atoms with van der Waals surface area (Å²) in [7, 11) is -18.5. The third-order valence-corrected chi connectivity index (χ3v) is 10.9. The Hall–Kier alpha value is -4.82. The van der Waals surface area contributed by atoms with E-state index in [1.165, 1.54) is 24.3 Å². The summed E-state index contributed by atoms with van der Waals surface area (Å²) >= 11 is 0. The molecule has 3 N–H and O–H groups in total. The fourth-order valence-corrected chi connectivity index (χ4v) is 7.27. The Kier molecular flexibility index (Phi) is 9.83. The van der Waals surface area contributed by atoms with Crippen molar-refractivity contribution in [3.8, 4) is 45.3 Å². The molecule has 0 unspecified atom stereocenters. The maximum atomic E-state index is 13.3. The molecular weight excluding hydrogens is 737 g/mol. The first-order valence-corrected chi connectivity index (χ1v) is 19.7. The number of hydrogen-bond acceptors (Lipinski definition) is 11. The highest BCUT2D eigenvalue weighted by Crippen LogP contribution is 2.48. The minimum atomic E-state index is -5.12. The summed E-state index contributed by atoms with van der Waals surface area (Å²) in [4.78, 5) is -2.57. The zero-order chi connectivity index (χ0) is 36.6. The van der Waals surface area contributed by atoms with Gasteiger partial charge < -0.3 is 13.7 Å². The summed E-state index contributed by atoms with van der Waals surface area (Å²) in [6, 6.07) is 20.9. The predicted molar refractivity (Wildman–Crippen MR) is 179 cm³/mol. The molecule has 0 fully saturated rings. The second-order valence-electron chi connectivity index (χ2n) is 10.6. The van der Waals surface area contributed by atoms with Crippen molar-refractivity contribution < 1.29 is 61.0 Å². The van der Waals surface area contributed by atoms with Gasteiger partial charge in [-0.05, 0) is 79.7 Å². The topological polar surface area (TPSA) is 225 Å². The minimum Gasteiger partial charge on any atom is -0.495 e. The number of aryl methyl sites for hydroxylation is 1. The van der Waals surface area contributed by atoms with Gasteiger partial charge in [0.15, 0.2) is 5.75 Å². The van der Waals surface area contributed by atoms with E-state index in [1.807, 2.05) is 0 Å². The Balaban J connectivity index is 1.87. The van der Waals surface area contributed by atoms with Crippen molar-refractivity contribution in [3.63, 3.8) is 0 Å². The molecule has 0 saturated carbocycles. The molecule has 0 atom stereocenters. The minimum absolute atomic E-state index is 0.106. The van der Waals surface area contributed by atoms with Crippen LogP contribution in [0.4, 0.5) is 0 Å². The normalized spacial score (nSPS) is 12.3. The molecule has 262 valence electrons. The third-order valence-electron chi connectivity index (χ3n) is 7.12.